The molecule has 0 saturated heterocycles. The maximum Gasteiger partial charge on any atom is 0.162 e. The third kappa shape index (κ3) is 2.50. The fourth-order valence-electron chi connectivity index (χ4n) is 0.760. The first-order valence-electron chi connectivity index (χ1n) is 3.17. The van der Waals surface area contributed by atoms with Crippen LogP contribution in [0.2, 0.25) is 10.0 Å². The van der Waals surface area contributed by atoms with E-state index in [0.717, 1.165) is 0 Å². The average Bonchev–Trinajstić information content (AvgIpc) is 2.09. The minimum absolute atomic E-state index is 0.221. The van der Waals surface area contributed by atoms with Gasteiger partial charge in [-0.2, -0.15) is 0 Å². The van der Waals surface area contributed by atoms with Crippen molar-refractivity contribution in [3.8, 4) is 0 Å². The number of hydrogen-bond donors (Lipinski definition) is 1. The largest absolute Gasteiger partial charge is 0.235 e. The van der Waals surface area contributed by atoms with Crippen LogP contribution in [0.25, 0.3) is 0 Å². The summed E-state index contributed by atoms with van der Waals surface area (Å²) in [4.78, 5) is 10.2. The molecule has 0 fully saturated rings. The Balaban J connectivity index is 3.29. The van der Waals surface area contributed by atoms with Gasteiger partial charge in [-0.25, -0.2) is 10.1 Å². The summed E-state index contributed by atoms with van der Waals surface area (Å²) in [6, 6.07) is 1.47. The van der Waals surface area contributed by atoms with Crippen LogP contribution in [0, 0.1) is 10.1 Å². The van der Waals surface area contributed by atoms with E-state index >= 15 is 0 Å². The zero-order valence-electron chi connectivity index (χ0n) is 6.35. The molecule has 0 atom stereocenters. The highest BCUT2D eigenvalue weighted by Gasteiger charge is 2.15. The first-order valence-corrected chi connectivity index (χ1v) is 5.51. The molecule has 1 N–H and O–H groups in total. The van der Waals surface area contributed by atoms with Crippen molar-refractivity contribution in [2.75, 3.05) is 5.43 Å². The second kappa shape index (κ2) is 4.65. The lowest BCUT2D eigenvalue weighted by atomic mass is 10.3. The van der Waals surface area contributed by atoms with Crippen LogP contribution < -0.4 is 5.43 Å². The normalized spacial score (nSPS) is 10.0. The van der Waals surface area contributed by atoms with Gasteiger partial charge >= 0.3 is 0 Å². The summed E-state index contributed by atoms with van der Waals surface area (Å²) in [7, 11) is 0. The molecule has 0 amide bonds. The lowest BCUT2D eigenvalue weighted by Crippen LogP contribution is -2.09. The number of hydrazine groups is 1. The molecule has 0 unspecified atom stereocenters. The molecule has 4 nitrogen and oxygen atoms in total. The lowest BCUT2D eigenvalue weighted by Gasteiger charge is -2.06. The van der Waals surface area contributed by atoms with Gasteiger partial charge in [0.25, 0.3) is 0 Å². The zero-order valence-corrected chi connectivity index (χ0v) is 11.0. The highest BCUT2D eigenvalue weighted by atomic mass is 79.9. The molecule has 0 bridgehead atoms. The summed E-state index contributed by atoms with van der Waals surface area (Å²) in [5, 5.41) is 10.1. The molecule has 0 heterocycles. The number of hydrogen-bond acceptors (Lipinski definition) is 2. The molecule has 0 aromatic heterocycles. The monoisotopic (exact) mass is 362 g/mol. The standard InChI is InChI=1S/C6H2Br2Cl2N2O2/c7-2-1-3(9)5(10)4(8)6(2)11-12(13)14/h1,11H. The van der Waals surface area contributed by atoms with Gasteiger partial charge in [-0.05, 0) is 37.9 Å². The summed E-state index contributed by atoms with van der Waals surface area (Å²) < 4.78 is 0.797. The molecule has 1 rings (SSSR count). The Hall–Kier alpha value is -0.0400. The van der Waals surface area contributed by atoms with Crippen molar-refractivity contribution in [1.82, 2.24) is 0 Å². The molecule has 0 spiro atoms. The van der Waals surface area contributed by atoms with Crippen LogP contribution in [-0.2, 0) is 0 Å². The van der Waals surface area contributed by atoms with Gasteiger partial charge in [-0.3, -0.25) is 0 Å². The van der Waals surface area contributed by atoms with Gasteiger partial charge in [0.05, 0.1) is 14.5 Å². The number of halogens is 4. The van der Waals surface area contributed by atoms with Crippen LogP contribution in [-0.4, -0.2) is 5.03 Å². The van der Waals surface area contributed by atoms with Gasteiger partial charge in [0.2, 0.25) is 0 Å². The SMILES string of the molecule is O=[N+]([O-])Nc1c(Br)cc(Cl)c(Cl)c1Br. The molecule has 0 aliphatic rings. The molecule has 0 radical (unpaired) electrons. The second-order valence-corrected chi connectivity index (χ2v) is 4.64. The van der Waals surface area contributed by atoms with Crippen LogP contribution in [0.3, 0.4) is 0 Å². The third-order valence-corrected chi connectivity index (χ3v) is 3.75. The summed E-state index contributed by atoms with van der Waals surface area (Å²) in [6.45, 7) is 0. The van der Waals surface area contributed by atoms with Gasteiger partial charge in [0, 0.05) is 4.47 Å². The minimum atomic E-state index is -0.685. The molecule has 14 heavy (non-hydrogen) atoms. The Morgan fingerprint density at radius 2 is 2.00 bits per heavy atom. The first kappa shape index (κ1) is 12.0. The number of nitrogens with zero attached hydrogens (tertiary/aromatic N) is 1. The Labute approximate surface area is 106 Å². The van der Waals surface area contributed by atoms with Crippen LogP contribution in [0.5, 0.6) is 0 Å². The minimum Gasteiger partial charge on any atom is -0.235 e. The van der Waals surface area contributed by atoms with Crippen LogP contribution in [0.15, 0.2) is 15.0 Å². The average molecular weight is 365 g/mol. The highest BCUT2D eigenvalue weighted by molar-refractivity contribution is 9.11. The number of benzene rings is 1. The quantitative estimate of drug-likeness (QED) is 0.371. The van der Waals surface area contributed by atoms with Crippen molar-refractivity contribution in [3.63, 3.8) is 0 Å². The van der Waals surface area contributed by atoms with E-state index in [0.29, 0.717) is 14.0 Å². The Bertz CT molecular complexity index is 400. The van der Waals surface area contributed by atoms with Crippen LogP contribution >= 0.6 is 55.1 Å². The molecule has 0 saturated carbocycles. The number of nitrogens with one attached hydrogen (secondary N) is 1. The van der Waals surface area contributed by atoms with E-state index in [1.165, 1.54) is 6.07 Å². The summed E-state index contributed by atoms with van der Waals surface area (Å²) in [5.74, 6) is 0. The first-order chi connectivity index (χ1) is 6.43. The summed E-state index contributed by atoms with van der Waals surface area (Å²) in [5.41, 5.74) is 2.22. The van der Waals surface area contributed by atoms with Crippen molar-refractivity contribution >= 4 is 60.7 Å². The predicted molar refractivity (Wildman–Crippen MR) is 62.5 cm³/mol. The third-order valence-electron chi connectivity index (χ3n) is 1.32. The molecule has 8 heteroatoms. The van der Waals surface area contributed by atoms with E-state index in [9.17, 15) is 10.1 Å². The second-order valence-electron chi connectivity index (χ2n) is 2.21. The van der Waals surface area contributed by atoms with Gasteiger partial charge < -0.3 is 0 Å². The molecular weight excluding hydrogens is 363 g/mol. The van der Waals surface area contributed by atoms with Crippen molar-refractivity contribution in [2.24, 2.45) is 0 Å². The highest BCUT2D eigenvalue weighted by Crippen LogP contribution is 2.41. The Kier molecular flexibility index (Phi) is 4.00. The molecular formula is C6H2Br2Cl2N2O2. The zero-order chi connectivity index (χ0) is 10.9. The maximum absolute atomic E-state index is 10.2. The van der Waals surface area contributed by atoms with Crippen molar-refractivity contribution in [1.29, 1.82) is 0 Å². The smallest absolute Gasteiger partial charge is 0.162 e. The number of rotatable bonds is 2. The topological polar surface area (TPSA) is 55.2 Å². The fraction of sp³-hybridized carbons (Fsp3) is 0. The van der Waals surface area contributed by atoms with Gasteiger partial charge in [-0.1, -0.05) is 23.2 Å². The number of nitro groups is 1. The van der Waals surface area contributed by atoms with E-state index in [2.05, 4.69) is 31.9 Å². The lowest BCUT2D eigenvalue weighted by molar-refractivity contribution is -0.445. The van der Waals surface area contributed by atoms with E-state index in [1.807, 2.05) is 5.43 Å². The molecule has 0 aliphatic carbocycles. The van der Waals surface area contributed by atoms with Crippen molar-refractivity contribution in [3.05, 3.63) is 35.2 Å². The summed E-state index contributed by atoms with van der Waals surface area (Å²) in [6.07, 6.45) is 0. The van der Waals surface area contributed by atoms with Gasteiger partial charge in [0.1, 0.15) is 5.69 Å². The Morgan fingerprint density at radius 3 is 2.50 bits per heavy atom. The molecule has 1 aromatic carbocycles. The van der Waals surface area contributed by atoms with E-state index in [-0.39, 0.29) is 10.7 Å². The van der Waals surface area contributed by atoms with Crippen LogP contribution in [0.4, 0.5) is 5.69 Å². The number of anilines is 1. The summed E-state index contributed by atoms with van der Waals surface area (Å²) >= 11 is 17.7. The predicted octanol–water partition coefficient (Wildman–Crippen LogP) is 4.12. The van der Waals surface area contributed by atoms with E-state index in [4.69, 9.17) is 23.2 Å². The molecule has 1 aromatic rings. The van der Waals surface area contributed by atoms with E-state index < -0.39 is 5.03 Å². The van der Waals surface area contributed by atoms with E-state index in [1.54, 1.807) is 0 Å². The van der Waals surface area contributed by atoms with Crippen molar-refractivity contribution in [2.45, 2.75) is 0 Å². The fourth-order valence-corrected chi connectivity index (χ4v) is 2.66. The van der Waals surface area contributed by atoms with Gasteiger partial charge in [0.15, 0.2) is 5.03 Å². The molecule has 0 aliphatic heterocycles. The van der Waals surface area contributed by atoms with Gasteiger partial charge in [-0.15, -0.1) is 5.43 Å². The van der Waals surface area contributed by atoms with Crippen LogP contribution in [0.1, 0.15) is 0 Å². The Morgan fingerprint density at radius 1 is 1.43 bits per heavy atom. The van der Waals surface area contributed by atoms with Crippen molar-refractivity contribution < 1.29 is 5.03 Å². The maximum atomic E-state index is 10.2. The molecule has 76 valence electrons.